The molecule has 2 aromatic carbocycles. The van der Waals surface area contributed by atoms with Crippen LogP contribution in [0.25, 0.3) is 10.9 Å². The van der Waals surface area contributed by atoms with Gasteiger partial charge in [-0.15, -0.1) is 0 Å². The van der Waals surface area contributed by atoms with Gasteiger partial charge in [-0.25, -0.2) is 0 Å². The van der Waals surface area contributed by atoms with Crippen molar-refractivity contribution in [1.29, 1.82) is 0 Å². The molecule has 0 aliphatic carbocycles. The van der Waals surface area contributed by atoms with Gasteiger partial charge >= 0.3 is 0 Å². The molecular weight excluding hydrogens is 366 g/mol. The van der Waals surface area contributed by atoms with Gasteiger partial charge in [0, 0.05) is 35.2 Å². The minimum atomic E-state index is -0.828. The van der Waals surface area contributed by atoms with Gasteiger partial charge in [0.1, 0.15) is 5.75 Å². The van der Waals surface area contributed by atoms with E-state index >= 15 is 0 Å². The molecule has 0 saturated heterocycles. The summed E-state index contributed by atoms with van der Waals surface area (Å²) in [7, 11) is 0. The largest absolute Gasteiger partial charge is 0.478 e. The molecule has 4 rings (SSSR count). The van der Waals surface area contributed by atoms with Gasteiger partial charge in [0.25, 0.3) is 5.91 Å². The van der Waals surface area contributed by atoms with Crippen molar-refractivity contribution in [2.45, 2.75) is 19.1 Å². The molecule has 1 aromatic heterocycles. The van der Waals surface area contributed by atoms with Crippen molar-refractivity contribution in [3.8, 4) is 5.75 Å². The number of nitrogens with zero attached hydrogens (tertiary/aromatic N) is 1. The van der Waals surface area contributed by atoms with Crippen molar-refractivity contribution >= 4 is 40.0 Å². The standard InChI is InChI=1S/C20H18ClN3O3/c21-14-4-3-6-16-13(14)8-10-24(16)11-9-22-19(25)12-18-20(26)23-15-5-1-2-7-17(15)27-18/h1-8,10,18H,9,11-12H2,(H,22,25)(H,23,26)/t18-/m1/s1. The number of halogens is 1. The quantitative estimate of drug-likeness (QED) is 0.710. The Kier molecular flexibility index (Phi) is 4.73. The molecule has 7 heteroatoms. The number of fused-ring (bicyclic) bond motifs is 2. The number of amides is 2. The lowest BCUT2D eigenvalue weighted by molar-refractivity contribution is -0.130. The number of benzene rings is 2. The van der Waals surface area contributed by atoms with Crippen LogP contribution in [-0.2, 0) is 16.1 Å². The molecule has 2 N–H and O–H groups in total. The Morgan fingerprint density at radius 1 is 1.19 bits per heavy atom. The van der Waals surface area contributed by atoms with Crippen molar-refractivity contribution in [2.24, 2.45) is 0 Å². The molecule has 138 valence electrons. The molecule has 1 aliphatic heterocycles. The fourth-order valence-electron chi connectivity index (χ4n) is 3.16. The van der Waals surface area contributed by atoms with E-state index in [1.165, 1.54) is 0 Å². The Morgan fingerprint density at radius 3 is 2.93 bits per heavy atom. The summed E-state index contributed by atoms with van der Waals surface area (Å²) < 4.78 is 7.67. The topological polar surface area (TPSA) is 72.4 Å². The number of aromatic nitrogens is 1. The van der Waals surface area contributed by atoms with Crippen LogP contribution < -0.4 is 15.4 Å². The van der Waals surface area contributed by atoms with E-state index in [2.05, 4.69) is 10.6 Å². The van der Waals surface area contributed by atoms with Gasteiger partial charge in [0.15, 0.2) is 6.10 Å². The molecule has 1 aliphatic rings. The van der Waals surface area contributed by atoms with Gasteiger partial charge < -0.3 is 19.9 Å². The van der Waals surface area contributed by atoms with Crippen molar-refractivity contribution in [2.75, 3.05) is 11.9 Å². The van der Waals surface area contributed by atoms with Crippen LogP contribution in [0.1, 0.15) is 6.42 Å². The van der Waals surface area contributed by atoms with Gasteiger partial charge in [-0.3, -0.25) is 9.59 Å². The first-order chi connectivity index (χ1) is 13.1. The molecule has 6 nitrogen and oxygen atoms in total. The smallest absolute Gasteiger partial charge is 0.266 e. The molecule has 0 saturated carbocycles. The number of hydrogen-bond acceptors (Lipinski definition) is 3. The molecule has 2 heterocycles. The number of carbonyl (C=O) groups excluding carboxylic acids is 2. The van der Waals surface area contributed by atoms with E-state index in [0.717, 1.165) is 10.9 Å². The summed E-state index contributed by atoms with van der Waals surface area (Å²) in [6, 6.07) is 14.9. The maximum Gasteiger partial charge on any atom is 0.266 e. The number of rotatable bonds is 5. The Labute approximate surface area is 161 Å². The van der Waals surface area contributed by atoms with Crippen LogP contribution in [0.4, 0.5) is 5.69 Å². The first-order valence-electron chi connectivity index (χ1n) is 8.68. The summed E-state index contributed by atoms with van der Waals surface area (Å²) in [5.74, 6) is 0.0320. The highest BCUT2D eigenvalue weighted by atomic mass is 35.5. The highest BCUT2D eigenvalue weighted by Crippen LogP contribution is 2.29. The van der Waals surface area contributed by atoms with Gasteiger partial charge in [0.2, 0.25) is 5.91 Å². The number of ether oxygens (including phenoxy) is 1. The van der Waals surface area contributed by atoms with E-state index in [4.69, 9.17) is 16.3 Å². The van der Waals surface area contributed by atoms with Crippen molar-refractivity contribution in [3.05, 3.63) is 59.8 Å². The van der Waals surface area contributed by atoms with Gasteiger partial charge in [-0.2, -0.15) is 0 Å². The molecule has 3 aromatic rings. The third-order valence-electron chi connectivity index (χ3n) is 4.51. The van der Waals surface area contributed by atoms with Crippen molar-refractivity contribution < 1.29 is 14.3 Å². The molecule has 2 amide bonds. The van der Waals surface area contributed by atoms with Crippen molar-refractivity contribution in [3.63, 3.8) is 0 Å². The van der Waals surface area contributed by atoms with Gasteiger partial charge in [-0.05, 0) is 30.3 Å². The highest BCUT2D eigenvalue weighted by Gasteiger charge is 2.29. The summed E-state index contributed by atoms with van der Waals surface area (Å²) >= 11 is 6.18. The van der Waals surface area contributed by atoms with E-state index in [-0.39, 0.29) is 18.2 Å². The average molecular weight is 384 g/mol. The SMILES string of the molecule is O=C(C[C@H]1Oc2ccccc2NC1=O)NCCn1ccc2c(Cl)cccc21. The van der Waals surface area contributed by atoms with Gasteiger partial charge in [0.05, 0.1) is 12.1 Å². The number of carbonyl (C=O) groups is 2. The maximum atomic E-state index is 12.2. The predicted molar refractivity (Wildman–Crippen MR) is 104 cm³/mol. The molecule has 1 atom stereocenters. The number of para-hydroxylation sites is 2. The Balaban J connectivity index is 1.32. The Bertz CT molecular complexity index is 1010. The second kappa shape index (κ2) is 7.32. The first kappa shape index (κ1) is 17.4. The third kappa shape index (κ3) is 3.61. The molecule has 27 heavy (non-hydrogen) atoms. The monoisotopic (exact) mass is 383 g/mol. The normalized spacial score (nSPS) is 15.7. The van der Waals surface area contributed by atoms with E-state index < -0.39 is 6.10 Å². The molecule has 0 radical (unpaired) electrons. The summed E-state index contributed by atoms with van der Waals surface area (Å²) in [4.78, 5) is 24.3. The lowest BCUT2D eigenvalue weighted by Gasteiger charge is -2.25. The van der Waals surface area contributed by atoms with Crippen LogP contribution in [-0.4, -0.2) is 29.0 Å². The maximum absolute atomic E-state index is 12.2. The van der Waals surface area contributed by atoms with Crippen LogP contribution in [0.15, 0.2) is 54.7 Å². The van der Waals surface area contributed by atoms with E-state index in [9.17, 15) is 9.59 Å². The van der Waals surface area contributed by atoms with E-state index in [1.54, 1.807) is 12.1 Å². The number of anilines is 1. The zero-order valence-corrected chi connectivity index (χ0v) is 15.2. The zero-order valence-electron chi connectivity index (χ0n) is 14.4. The van der Waals surface area contributed by atoms with Crippen LogP contribution in [0.3, 0.4) is 0 Å². The minimum absolute atomic E-state index is 0.0293. The van der Waals surface area contributed by atoms with Crippen LogP contribution in [0, 0.1) is 0 Å². The zero-order chi connectivity index (χ0) is 18.8. The highest BCUT2D eigenvalue weighted by molar-refractivity contribution is 6.35. The Hall–Kier alpha value is -2.99. The van der Waals surface area contributed by atoms with Crippen LogP contribution in [0.2, 0.25) is 5.02 Å². The van der Waals surface area contributed by atoms with Crippen LogP contribution >= 0.6 is 11.6 Å². The lowest BCUT2D eigenvalue weighted by atomic mass is 10.1. The van der Waals surface area contributed by atoms with E-state index in [1.807, 2.05) is 47.2 Å². The van der Waals surface area contributed by atoms with Crippen LogP contribution in [0.5, 0.6) is 5.75 Å². The fraction of sp³-hybridized carbons (Fsp3) is 0.200. The molecule has 0 bridgehead atoms. The first-order valence-corrected chi connectivity index (χ1v) is 9.06. The second-order valence-corrected chi connectivity index (χ2v) is 6.73. The minimum Gasteiger partial charge on any atom is -0.478 e. The summed E-state index contributed by atoms with van der Waals surface area (Å²) in [6.45, 7) is 1.05. The average Bonchev–Trinajstić information content (AvgIpc) is 3.07. The number of nitrogens with one attached hydrogen (secondary N) is 2. The second-order valence-electron chi connectivity index (χ2n) is 6.33. The lowest BCUT2D eigenvalue weighted by Crippen LogP contribution is -2.41. The summed E-state index contributed by atoms with van der Waals surface area (Å²) in [5.41, 5.74) is 1.64. The molecule has 0 spiro atoms. The molecule has 0 unspecified atom stereocenters. The third-order valence-corrected chi connectivity index (χ3v) is 4.84. The van der Waals surface area contributed by atoms with Gasteiger partial charge in [-0.1, -0.05) is 29.8 Å². The fourth-order valence-corrected chi connectivity index (χ4v) is 3.40. The predicted octanol–water partition coefficient (Wildman–Crippen LogP) is 3.20. The van der Waals surface area contributed by atoms with E-state index in [0.29, 0.717) is 29.5 Å². The summed E-state index contributed by atoms with van der Waals surface area (Å²) in [6.07, 6.45) is 1.08. The molecular formula is C20H18ClN3O3. The molecule has 0 fully saturated rings. The Morgan fingerprint density at radius 2 is 2.04 bits per heavy atom. The summed E-state index contributed by atoms with van der Waals surface area (Å²) in [5, 5.41) is 7.29. The number of hydrogen-bond donors (Lipinski definition) is 2. The van der Waals surface area contributed by atoms with Crippen molar-refractivity contribution in [1.82, 2.24) is 9.88 Å².